The number of rotatable bonds is 2. The second-order valence-electron chi connectivity index (χ2n) is 4.23. The third kappa shape index (κ3) is 3.40. The van der Waals surface area contributed by atoms with Crippen LogP contribution in [0.15, 0.2) is 28.7 Å². The van der Waals surface area contributed by atoms with Crippen molar-refractivity contribution in [1.82, 2.24) is 4.90 Å². The van der Waals surface area contributed by atoms with Crippen molar-refractivity contribution in [3.05, 3.63) is 34.3 Å². The van der Waals surface area contributed by atoms with Crippen molar-refractivity contribution in [3.63, 3.8) is 0 Å². The molecule has 1 aliphatic heterocycles. The molecule has 0 saturated carbocycles. The van der Waals surface area contributed by atoms with Crippen LogP contribution < -0.4 is 0 Å². The number of nitrogens with zero attached hydrogens (tertiary/aromatic N) is 1. The quantitative estimate of drug-likeness (QED) is 0.841. The Bertz CT molecular complexity index is 445. The van der Waals surface area contributed by atoms with E-state index in [0.717, 1.165) is 10.0 Å². The van der Waals surface area contributed by atoms with E-state index in [2.05, 4.69) is 15.9 Å². The lowest BCUT2D eigenvalue weighted by atomic mass is 10.2. The van der Waals surface area contributed by atoms with Gasteiger partial charge < -0.3 is 4.90 Å². The van der Waals surface area contributed by atoms with Gasteiger partial charge in [0.1, 0.15) is 5.78 Å². The van der Waals surface area contributed by atoms with Gasteiger partial charge in [-0.25, -0.2) is 0 Å². The Hall–Kier alpha value is -1.16. The van der Waals surface area contributed by atoms with E-state index in [-0.39, 0.29) is 11.7 Å². The lowest BCUT2D eigenvalue weighted by Gasteiger charge is -2.20. The Balaban J connectivity index is 2.07. The number of hydrogen-bond acceptors (Lipinski definition) is 2. The van der Waals surface area contributed by atoms with Gasteiger partial charge >= 0.3 is 0 Å². The molecule has 17 heavy (non-hydrogen) atoms. The Kier molecular flexibility index (Phi) is 3.94. The number of hydrogen-bond donors (Lipinski definition) is 0. The van der Waals surface area contributed by atoms with E-state index in [4.69, 9.17) is 0 Å². The maximum Gasteiger partial charge on any atom is 0.223 e. The monoisotopic (exact) mass is 295 g/mol. The summed E-state index contributed by atoms with van der Waals surface area (Å²) in [6, 6.07) is 7.90. The first kappa shape index (κ1) is 12.3. The van der Waals surface area contributed by atoms with E-state index in [1.165, 1.54) is 0 Å². The van der Waals surface area contributed by atoms with Crippen molar-refractivity contribution >= 4 is 27.6 Å². The number of halogens is 1. The second kappa shape index (κ2) is 5.45. The predicted molar refractivity (Wildman–Crippen MR) is 68.4 cm³/mol. The predicted octanol–water partition coefficient (Wildman–Crippen LogP) is 2.53. The average Bonchev–Trinajstić information content (AvgIpc) is 2.45. The van der Waals surface area contributed by atoms with Gasteiger partial charge in [0.2, 0.25) is 5.91 Å². The van der Waals surface area contributed by atoms with Gasteiger partial charge in [-0.15, -0.1) is 0 Å². The molecule has 0 atom stereocenters. The summed E-state index contributed by atoms with van der Waals surface area (Å²) < 4.78 is 1.01. The molecule has 0 unspecified atom stereocenters. The van der Waals surface area contributed by atoms with Crippen LogP contribution in [0.5, 0.6) is 0 Å². The minimum atomic E-state index is 0.0795. The van der Waals surface area contributed by atoms with E-state index in [1.54, 1.807) is 4.90 Å². The molecule has 0 N–H and O–H groups in total. The first-order valence-electron chi connectivity index (χ1n) is 5.69. The Morgan fingerprint density at radius 3 is 2.76 bits per heavy atom. The van der Waals surface area contributed by atoms with Crippen LogP contribution in [0.25, 0.3) is 0 Å². The van der Waals surface area contributed by atoms with E-state index in [0.29, 0.717) is 32.4 Å². The molecule has 0 aliphatic carbocycles. The molecule has 0 spiro atoms. The molecule has 0 radical (unpaired) electrons. The molecule has 1 aromatic rings. The summed E-state index contributed by atoms with van der Waals surface area (Å²) in [6.45, 7) is 1.13. The summed E-state index contributed by atoms with van der Waals surface area (Å²) in [5.41, 5.74) is 1.09. The second-order valence-corrected chi connectivity index (χ2v) is 5.15. The van der Waals surface area contributed by atoms with Gasteiger partial charge in [-0.1, -0.05) is 28.1 Å². The molecular weight excluding hydrogens is 282 g/mol. The summed E-state index contributed by atoms with van der Waals surface area (Å²) >= 11 is 3.41. The molecule has 1 aliphatic rings. The Morgan fingerprint density at radius 1 is 1.18 bits per heavy atom. The van der Waals surface area contributed by atoms with Gasteiger partial charge in [-0.05, 0) is 17.7 Å². The number of ketones is 1. The number of amides is 1. The number of likely N-dealkylation sites (tertiary alicyclic amines) is 1. The molecule has 3 nitrogen and oxygen atoms in total. The molecule has 1 amide bonds. The number of benzene rings is 1. The third-order valence-electron chi connectivity index (χ3n) is 2.89. The highest BCUT2D eigenvalue weighted by atomic mass is 79.9. The van der Waals surface area contributed by atoms with Gasteiger partial charge in [0.15, 0.2) is 0 Å². The van der Waals surface area contributed by atoms with Crippen LogP contribution in [0.1, 0.15) is 24.8 Å². The van der Waals surface area contributed by atoms with E-state index in [1.807, 2.05) is 24.3 Å². The number of Topliss-reactive ketones (excluding diaryl/α,β-unsaturated/α-hetero) is 1. The molecule has 4 heteroatoms. The van der Waals surface area contributed by atoms with E-state index < -0.39 is 0 Å². The van der Waals surface area contributed by atoms with Gasteiger partial charge in [0.05, 0.1) is 0 Å². The molecule has 1 aromatic carbocycles. The normalized spacial score (nSPS) is 17.1. The lowest BCUT2D eigenvalue weighted by Crippen LogP contribution is -2.29. The Labute approximate surface area is 109 Å². The van der Waals surface area contributed by atoms with Crippen molar-refractivity contribution in [2.45, 2.75) is 25.8 Å². The average molecular weight is 296 g/mol. The summed E-state index contributed by atoms with van der Waals surface area (Å²) in [6.07, 6.45) is 1.24. The molecule has 1 heterocycles. The van der Waals surface area contributed by atoms with Crippen molar-refractivity contribution in [2.24, 2.45) is 0 Å². The van der Waals surface area contributed by atoms with Crippen LogP contribution in [0, 0.1) is 0 Å². The van der Waals surface area contributed by atoms with Crippen LogP contribution in [-0.2, 0) is 16.1 Å². The summed E-state index contributed by atoms with van der Waals surface area (Å²) in [4.78, 5) is 24.9. The van der Waals surface area contributed by atoms with Crippen LogP contribution in [0.3, 0.4) is 0 Å². The highest BCUT2D eigenvalue weighted by Gasteiger charge is 2.20. The molecule has 0 bridgehead atoms. The van der Waals surface area contributed by atoms with Crippen LogP contribution >= 0.6 is 15.9 Å². The summed E-state index contributed by atoms with van der Waals surface area (Å²) in [5, 5.41) is 0. The molecular formula is C13H14BrNO2. The molecule has 90 valence electrons. The van der Waals surface area contributed by atoms with Gasteiger partial charge in [0.25, 0.3) is 0 Å². The lowest BCUT2D eigenvalue weighted by molar-refractivity contribution is -0.131. The minimum Gasteiger partial charge on any atom is -0.338 e. The SMILES string of the molecule is O=C1CCC(=O)N(Cc2cccc(Br)c2)CC1. The largest absolute Gasteiger partial charge is 0.338 e. The highest BCUT2D eigenvalue weighted by molar-refractivity contribution is 9.10. The zero-order valence-electron chi connectivity index (χ0n) is 9.49. The highest BCUT2D eigenvalue weighted by Crippen LogP contribution is 2.16. The summed E-state index contributed by atoms with van der Waals surface area (Å²) in [7, 11) is 0. The first-order chi connectivity index (χ1) is 8.15. The number of carbonyl (C=O) groups excluding carboxylic acids is 2. The van der Waals surface area contributed by atoms with Gasteiger partial charge in [-0.2, -0.15) is 0 Å². The molecule has 1 fully saturated rings. The number of carbonyl (C=O) groups is 2. The van der Waals surface area contributed by atoms with Crippen molar-refractivity contribution in [1.29, 1.82) is 0 Å². The van der Waals surface area contributed by atoms with Crippen LogP contribution in [0.2, 0.25) is 0 Å². The maximum absolute atomic E-state index is 11.8. The van der Waals surface area contributed by atoms with Crippen molar-refractivity contribution < 1.29 is 9.59 Å². The molecule has 2 rings (SSSR count). The van der Waals surface area contributed by atoms with Gasteiger partial charge in [-0.3, -0.25) is 9.59 Å². The fourth-order valence-electron chi connectivity index (χ4n) is 1.94. The van der Waals surface area contributed by atoms with Crippen molar-refractivity contribution in [2.75, 3.05) is 6.54 Å². The summed E-state index contributed by atoms with van der Waals surface area (Å²) in [5.74, 6) is 0.269. The van der Waals surface area contributed by atoms with Gasteiger partial charge in [0, 0.05) is 36.8 Å². The third-order valence-corrected chi connectivity index (χ3v) is 3.39. The smallest absolute Gasteiger partial charge is 0.223 e. The Morgan fingerprint density at radius 2 is 2.00 bits per heavy atom. The zero-order chi connectivity index (χ0) is 12.3. The maximum atomic E-state index is 11.8. The van der Waals surface area contributed by atoms with Crippen LogP contribution in [0.4, 0.5) is 0 Å². The fraction of sp³-hybridized carbons (Fsp3) is 0.385. The molecule has 1 saturated heterocycles. The minimum absolute atomic E-state index is 0.0795. The fourth-order valence-corrected chi connectivity index (χ4v) is 2.38. The van der Waals surface area contributed by atoms with E-state index >= 15 is 0 Å². The molecule has 0 aromatic heterocycles. The topological polar surface area (TPSA) is 37.4 Å². The standard InChI is InChI=1S/C13H14BrNO2/c14-11-3-1-2-10(8-11)9-15-7-6-12(16)4-5-13(15)17/h1-3,8H,4-7,9H2. The van der Waals surface area contributed by atoms with Crippen LogP contribution in [-0.4, -0.2) is 23.1 Å². The first-order valence-corrected chi connectivity index (χ1v) is 6.48. The zero-order valence-corrected chi connectivity index (χ0v) is 11.1. The van der Waals surface area contributed by atoms with Crippen molar-refractivity contribution in [3.8, 4) is 0 Å². The van der Waals surface area contributed by atoms with E-state index in [9.17, 15) is 9.59 Å².